The Labute approximate surface area is 237 Å². The van der Waals surface area contributed by atoms with Gasteiger partial charge in [-0.15, -0.1) is 0 Å². The normalized spacial score (nSPS) is 16.2. The second-order valence-corrected chi connectivity index (χ2v) is 8.86. The van der Waals surface area contributed by atoms with Crippen molar-refractivity contribution in [2.45, 2.75) is 78.4 Å². The Morgan fingerprint density at radius 1 is 0.340 bits per heavy atom. The maximum atomic E-state index is 14.6. The third-order valence-corrected chi connectivity index (χ3v) is 5.87. The van der Waals surface area contributed by atoms with Gasteiger partial charge in [0, 0.05) is 16.7 Å². The molecule has 0 aliphatic heterocycles. The van der Waals surface area contributed by atoms with Crippen molar-refractivity contribution in [2.24, 2.45) is 0 Å². The smallest absolute Gasteiger partial charge is 0.232 e. The fourth-order valence-corrected chi connectivity index (χ4v) is 3.21. The first-order valence-electron chi connectivity index (χ1n) is 10.4. The summed E-state index contributed by atoms with van der Waals surface area (Å²) >= 11 is 0. The molecule has 0 spiro atoms. The SMILES string of the molecule is [O]Cc1c(C(F)(F)C(F)(F)C(F)(F)C(F)(F)F)cc(C(F)(F)C(F)(F)C(F)(F)C(F)(F)F)cc1C(F)(F)C(F)(F)C(F)(F)C(F)(F)F. The van der Waals surface area contributed by atoms with Crippen molar-refractivity contribution in [1.29, 1.82) is 0 Å². The quantitative estimate of drug-likeness (QED) is 0.212. The standard InChI is InChI=1S/C19H4F27O/c20-8(21,11(26,27)14(32,33)17(38,39)40)4-1-6(9(22,23)12(28,29)15(34,35)18(41,42)43)5(3-47)7(2-4)10(24,25)13(30,31)16(36,37)19(44,45)46/h1-2H,3H2. The van der Waals surface area contributed by atoms with E-state index in [2.05, 4.69) is 0 Å². The summed E-state index contributed by atoms with van der Waals surface area (Å²) in [6.07, 6.45) is -23.9. The van der Waals surface area contributed by atoms with Crippen LogP contribution in [0.25, 0.3) is 0 Å². The Morgan fingerprint density at radius 2 is 0.553 bits per heavy atom. The average Bonchev–Trinajstić information content (AvgIpc) is 2.84. The van der Waals surface area contributed by atoms with Crippen molar-refractivity contribution < 1.29 is 124 Å². The number of alkyl halides is 27. The summed E-state index contributed by atoms with van der Waals surface area (Å²) in [6, 6.07) is -4.71. The van der Waals surface area contributed by atoms with Gasteiger partial charge in [-0.2, -0.15) is 119 Å². The van der Waals surface area contributed by atoms with Crippen LogP contribution in [0.5, 0.6) is 0 Å². The predicted molar refractivity (Wildman–Crippen MR) is 90.4 cm³/mol. The van der Waals surface area contributed by atoms with Gasteiger partial charge in [0.15, 0.2) is 0 Å². The number of rotatable bonds is 10. The Hall–Kier alpha value is -2.71. The highest BCUT2D eigenvalue weighted by molar-refractivity contribution is 5.48. The lowest BCUT2D eigenvalue weighted by atomic mass is 9.82. The molecule has 275 valence electrons. The molecule has 1 aromatic carbocycles. The maximum absolute atomic E-state index is 14.6. The van der Waals surface area contributed by atoms with Crippen LogP contribution in [0, 0.1) is 0 Å². The highest BCUT2D eigenvalue weighted by Crippen LogP contribution is 2.63. The third kappa shape index (κ3) is 5.65. The molecule has 0 aliphatic carbocycles. The summed E-state index contributed by atoms with van der Waals surface area (Å²) in [4.78, 5) is 0. The van der Waals surface area contributed by atoms with Gasteiger partial charge in [-0.1, -0.05) is 0 Å². The van der Waals surface area contributed by atoms with Crippen molar-refractivity contribution in [2.75, 3.05) is 0 Å². The van der Waals surface area contributed by atoms with Gasteiger partial charge in [0.2, 0.25) is 0 Å². The van der Waals surface area contributed by atoms with Gasteiger partial charge in [0.05, 0.1) is 0 Å². The van der Waals surface area contributed by atoms with Gasteiger partial charge < -0.3 is 0 Å². The topological polar surface area (TPSA) is 19.9 Å². The minimum Gasteiger partial charge on any atom is -0.232 e. The molecule has 0 saturated heterocycles. The van der Waals surface area contributed by atoms with Crippen LogP contribution in [-0.2, 0) is 29.5 Å². The number of hydrogen-bond acceptors (Lipinski definition) is 0. The zero-order valence-corrected chi connectivity index (χ0v) is 20.5. The summed E-state index contributed by atoms with van der Waals surface area (Å²) in [5.74, 6) is -74.3. The molecule has 1 nitrogen and oxygen atoms in total. The van der Waals surface area contributed by atoms with Crippen LogP contribution in [0.15, 0.2) is 12.1 Å². The van der Waals surface area contributed by atoms with E-state index in [-0.39, 0.29) is 0 Å². The van der Waals surface area contributed by atoms with E-state index in [4.69, 9.17) is 0 Å². The minimum atomic E-state index is -8.44. The summed E-state index contributed by atoms with van der Waals surface area (Å²) in [6.45, 7) is -3.65. The fraction of sp³-hybridized carbons (Fsp3) is 0.684. The fourth-order valence-electron chi connectivity index (χ4n) is 3.21. The lowest BCUT2D eigenvalue weighted by molar-refractivity contribution is -0.402. The van der Waals surface area contributed by atoms with E-state index in [1.54, 1.807) is 0 Å². The highest BCUT2D eigenvalue weighted by Gasteiger charge is 2.85. The molecule has 1 rings (SSSR count). The first-order valence-corrected chi connectivity index (χ1v) is 10.4. The van der Waals surface area contributed by atoms with E-state index >= 15 is 0 Å². The lowest BCUT2D eigenvalue weighted by Gasteiger charge is -2.38. The van der Waals surface area contributed by atoms with Crippen molar-refractivity contribution >= 4 is 0 Å². The van der Waals surface area contributed by atoms with Crippen LogP contribution in [0.4, 0.5) is 119 Å². The van der Waals surface area contributed by atoms with Gasteiger partial charge in [0.1, 0.15) is 6.61 Å². The van der Waals surface area contributed by atoms with Crippen molar-refractivity contribution in [3.8, 4) is 0 Å². The molecule has 0 amide bonds. The molecule has 0 bridgehead atoms. The van der Waals surface area contributed by atoms with E-state index in [1.165, 1.54) is 0 Å². The highest BCUT2D eigenvalue weighted by atomic mass is 19.4. The number of halogens is 27. The Balaban J connectivity index is 4.67. The molecule has 0 unspecified atom stereocenters. The average molecular weight is 761 g/mol. The van der Waals surface area contributed by atoms with Crippen LogP contribution in [0.1, 0.15) is 22.3 Å². The molecule has 0 heterocycles. The van der Waals surface area contributed by atoms with Crippen LogP contribution in [0.3, 0.4) is 0 Å². The summed E-state index contributed by atoms with van der Waals surface area (Å²) in [7, 11) is 0. The zero-order valence-electron chi connectivity index (χ0n) is 20.5. The first kappa shape index (κ1) is 42.3. The molecule has 0 saturated carbocycles. The van der Waals surface area contributed by atoms with Crippen molar-refractivity contribution in [1.82, 2.24) is 0 Å². The molecule has 0 atom stereocenters. The van der Waals surface area contributed by atoms with Crippen LogP contribution < -0.4 is 0 Å². The van der Waals surface area contributed by atoms with Crippen molar-refractivity contribution in [3.05, 3.63) is 34.4 Å². The van der Waals surface area contributed by atoms with Crippen molar-refractivity contribution in [3.63, 3.8) is 0 Å². The molecule has 0 fully saturated rings. The maximum Gasteiger partial charge on any atom is 0.460 e. The van der Waals surface area contributed by atoms with Crippen LogP contribution in [-0.4, -0.2) is 54.1 Å². The Bertz CT molecular complexity index is 1240. The molecule has 1 aromatic rings. The molecule has 47 heavy (non-hydrogen) atoms. The Kier molecular flexibility index (Phi) is 9.81. The molecule has 0 aliphatic rings. The molecular weight excluding hydrogens is 757 g/mol. The number of benzene rings is 1. The van der Waals surface area contributed by atoms with Gasteiger partial charge in [0.25, 0.3) is 0 Å². The van der Waals surface area contributed by atoms with E-state index in [9.17, 15) is 124 Å². The van der Waals surface area contributed by atoms with Crippen LogP contribution >= 0.6 is 0 Å². The predicted octanol–water partition coefficient (Wildman–Crippen LogP) is 10.4. The summed E-state index contributed by atoms with van der Waals surface area (Å²) in [5, 5.41) is 11.3. The molecule has 28 heteroatoms. The van der Waals surface area contributed by atoms with Crippen LogP contribution in [0.2, 0.25) is 0 Å². The molecule has 0 N–H and O–H groups in total. The van der Waals surface area contributed by atoms with Gasteiger partial charge >= 0.3 is 71.8 Å². The molecular formula is C19H4F27O. The second kappa shape index (κ2) is 10.9. The first-order chi connectivity index (χ1) is 20.0. The minimum absolute atomic E-state index is 2.35. The van der Waals surface area contributed by atoms with E-state index in [0.717, 1.165) is 0 Å². The monoisotopic (exact) mass is 761 g/mol. The lowest BCUT2D eigenvalue weighted by Crippen LogP contribution is -2.61. The van der Waals surface area contributed by atoms with E-state index in [0.29, 0.717) is 0 Å². The zero-order chi connectivity index (χ0) is 38.4. The van der Waals surface area contributed by atoms with E-state index in [1.807, 2.05) is 0 Å². The second-order valence-electron chi connectivity index (χ2n) is 8.86. The molecule has 0 aromatic heterocycles. The molecule has 1 radical (unpaired) electrons. The van der Waals surface area contributed by atoms with Gasteiger partial charge in [-0.3, -0.25) is 0 Å². The largest absolute Gasteiger partial charge is 0.460 e. The Morgan fingerprint density at radius 3 is 0.745 bits per heavy atom. The third-order valence-electron chi connectivity index (χ3n) is 5.87. The van der Waals surface area contributed by atoms with E-state index < -0.39 is 113 Å². The van der Waals surface area contributed by atoms with Gasteiger partial charge in [-0.05, 0) is 17.7 Å². The van der Waals surface area contributed by atoms with Gasteiger partial charge in [-0.25, -0.2) is 5.11 Å². The summed E-state index contributed by atoms with van der Waals surface area (Å²) in [5.41, 5.74) is -17.2. The number of hydrogen-bond donors (Lipinski definition) is 0. The summed E-state index contributed by atoms with van der Waals surface area (Å²) < 4.78 is 363.